The Morgan fingerprint density at radius 2 is 1.82 bits per heavy atom. The molecule has 0 radical (unpaired) electrons. The van der Waals surface area contributed by atoms with Crippen LogP contribution in [0.1, 0.15) is 22.8 Å². The fourth-order valence-electron chi connectivity index (χ4n) is 1.43. The van der Waals surface area contributed by atoms with Crippen molar-refractivity contribution in [3.8, 4) is 0 Å². The smallest absolute Gasteiger partial charge is 0.323 e. The number of rotatable bonds is 5. The van der Waals surface area contributed by atoms with Gasteiger partial charge in [0.15, 0.2) is 0 Å². The number of aliphatic hydroxyl groups is 1. The number of nitrogens with zero attached hydrogens (tertiary/aromatic N) is 1. The quantitative estimate of drug-likeness (QED) is 0.791. The van der Waals surface area contributed by atoms with E-state index in [1.807, 2.05) is 0 Å². The SMILES string of the molecule is CCN(CC(=O)O)C(=O)c1ccc(CO)cc1. The van der Waals surface area contributed by atoms with E-state index in [0.29, 0.717) is 17.7 Å². The van der Waals surface area contributed by atoms with Crippen LogP contribution in [0.5, 0.6) is 0 Å². The first-order valence-corrected chi connectivity index (χ1v) is 5.29. The van der Waals surface area contributed by atoms with Gasteiger partial charge in [0.1, 0.15) is 6.54 Å². The fraction of sp³-hybridized carbons (Fsp3) is 0.333. The highest BCUT2D eigenvalue weighted by atomic mass is 16.4. The fourth-order valence-corrected chi connectivity index (χ4v) is 1.43. The average Bonchev–Trinajstić information content (AvgIpc) is 2.35. The summed E-state index contributed by atoms with van der Waals surface area (Å²) in [5.74, 6) is -1.36. The number of carboxylic acids is 1. The number of carbonyl (C=O) groups is 2. The maximum absolute atomic E-state index is 11.9. The summed E-state index contributed by atoms with van der Waals surface area (Å²) in [6.45, 7) is 1.67. The molecule has 1 amide bonds. The maximum atomic E-state index is 11.9. The van der Waals surface area contributed by atoms with Crippen molar-refractivity contribution < 1.29 is 19.8 Å². The molecule has 1 rings (SSSR count). The lowest BCUT2D eigenvalue weighted by atomic mass is 10.1. The van der Waals surface area contributed by atoms with Crippen molar-refractivity contribution in [1.29, 1.82) is 0 Å². The molecule has 17 heavy (non-hydrogen) atoms. The van der Waals surface area contributed by atoms with Crippen molar-refractivity contribution in [2.24, 2.45) is 0 Å². The minimum atomic E-state index is -1.04. The highest BCUT2D eigenvalue weighted by molar-refractivity contribution is 5.95. The van der Waals surface area contributed by atoms with Gasteiger partial charge in [0, 0.05) is 12.1 Å². The second-order valence-corrected chi connectivity index (χ2v) is 3.57. The number of aliphatic carboxylic acids is 1. The normalized spacial score (nSPS) is 10.0. The average molecular weight is 237 g/mol. The lowest BCUT2D eigenvalue weighted by Crippen LogP contribution is -2.35. The lowest BCUT2D eigenvalue weighted by Gasteiger charge is -2.18. The number of likely N-dealkylation sites (N-methyl/N-ethyl adjacent to an activating group) is 1. The van der Waals surface area contributed by atoms with Crippen LogP contribution >= 0.6 is 0 Å². The van der Waals surface area contributed by atoms with Gasteiger partial charge in [-0.2, -0.15) is 0 Å². The van der Waals surface area contributed by atoms with Gasteiger partial charge in [-0.25, -0.2) is 0 Å². The van der Waals surface area contributed by atoms with Gasteiger partial charge in [-0.15, -0.1) is 0 Å². The van der Waals surface area contributed by atoms with E-state index in [1.54, 1.807) is 31.2 Å². The van der Waals surface area contributed by atoms with Crippen molar-refractivity contribution in [3.63, 3.8) is 0 Å². The third-order valence-corrected chi connectivity index (χ3v) is 2.38. The third kappa shape index (κ3) is 3.57. The molecule has 5 heteroatoms. The Balaban J connectivity index is 2.82. The first-order chi connectivity index (χ1) is 8.08. The molecule has 0 spiro atoms. The summed E-state index contributed by atoms with van der Waals surface area (Å²) in [4.78, 5) is 23.7. The lowest BCUT2D eigenvalue weighted by molar-refractivity contribution is -0.137. The Bertz CT molecular complexity index is 399. The van der Waals surface area contributed by atoms with Gasteiger partial charge >= 0.3 is 5.97 Å². The van der Waals surface area contributed by atoms with E-state index in [9.17, 15) is 9.59 Å². The molecule has 0 aliphatic heterocycles. The van der Waals surface area contributed by atoms with Gasteiger partial charge in [0.2, 0.25) is 0 Å². The maximum Gasteiger partial charge on any atom is 0.323 e. The second-order valence-electron chi connectivity index (χ2n) is 3.57. The zero-order chi connectivity index (χ0) is 12.8. The molecule has 0 aliphatic rings. The first kappa shape index (κ1) is 13.2. The van der Waals surface area contributed by atoms with Crippen LogP contribution in [-0.2, 0) is 11.4 Å². The van der Waals surface area contributed by atoms with E-state index in [4.69, 9.17) is 10.2 Å². The molecule has 2 N–H and O–H groups in total. The van der Waals surface area contributed by atoms with Gasteiger partial charge in [0.25, 0.3) is 5.91 Å². The van der Waals surface area contributed by atoms with Crippen molar-refractivity contribution in [2.75, 3.05) is 13.1 Å². The Hall–Kier alpha value is -1.88. The van der Waals surface area contributed by atoms with Crippen LogP contribution in [0.4, 0.5) is 0 Å². The Labute approximate surface area is 99.3 Å². The van der Waals surface area contributed by atoms with Crippen molar-refractivity contribution in [3.05, 3.63) is 35.4 Å². The van der Waals surface area contributed by atoms with Crippen LogP contribution in [0.3, 0.4) is 0 Å². The minimum Gasteiger partial charge on any atom is -0.480 e. The van der Waals surface area contributed by atoms with Crippen LogP contribution in [0.2, 0.25) is 0 Å². The monoisotopic (exact) mass is 237 g/mol. The van der Waals surface area contributed by atoms with Crippen molar-refractivity contribution >= 4 is 11.9 Å². The van der Waals surface area contributed by atoms with Crippen LogP contribution in [0.15, 0.2) is 24.3 Å². The largest absolute Gasteiger partial charge is 0.480 e. The molecule has 1 aromatic rings. The van der Waals surface area contributed by atoms with Gasteiger partial charge in [-0.3, -0.25) is 9.59 Å². The summed E-state index contributed by atoms with van der Waals surface area (Å²) >= 11 is 0. The molecule has 0 aromatic heterocycles. The molecule has 0 saturated heterocycles. The Morgan fingerprint density at radius 1 is 1.24 bits per heavy atom. The third-order valence-electron chi connectivity index (χ3n) is 2.38. The van der Waals surface area contributed by atoms with E-state index in [1.165, 1.54) is 4.90 Å². The van der Waals surface area contributed by atoms with E-state index >= 15 is 0 Å². The highest BCUT2D eigenvalue weighted by Crippen LogP contribution is 2.07. The van der Waals surface area contributed by atoms with Crippen molar-refractivity contribution in [1.82, 2.24) is 4.90 Å². The summed E-state index contributed by atoms with van der Waals surface area (Å²) in [6.07, 6.45) is 0. The number of hydrogen-bond donors (Lipinski definition) is 2. The topological polar surface area (TPSA) is 77.8 Å². The highest BCUT2D eigenvalue weighted by Gasteiger charge is 2.16. The van der Waals surface area contributed by atoms with Gasteiger partial charge in [-0.05, 0) is 24.6 Å². The molecule has 0 aliphatic carbocycles. The number of aliphatic hydroxyl groups excluding tert-OH is 1. The predicted octanol–water partition coefficient (Wildman–Crippen LogP) is 0.726. The number of carbonyl (C=O) groups excluding carboxylic acids is 1. The molecule has 0 unspecified atom stereocenters. The molecule has 1 aromatic carbocycles. The number of amides is 1. The number of benzene rings is 1. The van der Waals surface area contributed by atoms with E-state index in [2.05, 4.69) is 0 Å². The summed E-state index contributed by atoms with van der Waals surface area (Å²) in [5, 5.41) is 17.5. The van der Waals surface area contributed by atoms with Gasteiger partial charge in [0.05, 0.1) is 6.61 Å². The molecule has 0 heterocycles. The molecular weight excluding hydrogens is 222 g/mol. The first-order valence-electron chi connectivity index (χ1n) is 5.29. The van der Waals surface area contributed by atoms with Crippen LogP contribution < -0.4 is 0 Å². The zero-order valence-corrected chi connectivity index (χ0v) is 9.59. The van der Waals surface area contributed by atoms with Crippen LogP contribution in [-0.4, -0.2) is 40.1 Å². The van der Waals surface area contributed by atoms with E-state index < -0.39 is 5.97 Å². The Kier molecular flexibility index (Phi) is 4.66. The Morgan fingerprint density at radius 3 is 2.24 bits per heavy atom. The summed E-state index contributed by atoms with van der Waals surface area (Å²) < 4.78 is 0. The van der Waals surface area contributed by atoms with E-state index in [0.717, 1.165) is 0 Å². The predicted molar refractivity (Wildman–Crippen MR) is 61.6 cm³/mol. The molecule has 0 saturated carbocycles. The van der Waals surface area contributed by atoms with E-state index in [-0.39, 0.29) is 19.1 Å². The molecule has 0 bridgehead atoms. The number of carboxylic acid groups (broad SMARTS) is 1. The van der Waals surface area contributed by atoms with Gasteiger partial charge < -0.3 is 15.1 Å². The summed E-state index contributed by atoms with van der Waals surface area (Å²) in [5.41, 5.74) is 1.13. The number of hydrogen-bond acceptors (Lipinski definition) is 3. The minimum absolute atomic E-state index is 0.0823. The second kappa shape index (κ2) is 6.00. The zero-order valence-electron chi connectivity index (χ0n) is 9.59. The molecule has 5 nitrogen and oxygen atoms in total. The molecular formula is C12H15NO4. The van der Waals surface area contributed by atoms with Crippen LogP contribution in [0.25, 0.3) is 0 Å². The summed E-state index contributed by atoms with van der Waals surface area (Å²) in [7, 11) is 0. The van der Waals surface area contributed by atoms with Crippen LogP contribution in [0, 0.1) is 0 Å². The standard InChI is InChI=1S/C12H15NO4/c1-2-13(7-11(15)16)12(17)10-5-3-9(8-14)4-6-10/h3-6,14H,2,7-8H2,1H3,(H,15,16). The van der Waals surface area contributed by atoms with Gasteiger partial charge in [-0.1, -0.05) is 12.1 Å². The molecule has 0 atom stereocenters. The molecule has 0 fully saturated rings. The molecule has 92 valence electrons. The van der Waals surface area contributed by atoms with Crippen molar-refractivity contribution in [2.45, 2.75) is 13.5 Å². The summed E-state index contributed by atoms with van der Waals surface area (Å²) in [6, 6.07) is 6.44.